The van der Waals surface area contributed by atoms with Crippen LogP contribution in [-0.2, 0) is 9.59 Å². The Bertz CT molecular complexity index is 438. The van der Waals surface area contributed by atoms with Crippen LogP contribution in [0.4, 0.5) is 0 Å². The van der Waals surface area contributed by atoms with E-state index in [0.29, 0.717) is 11.8 Å². The molecule has 0 aromatic heterocycles. The summed E-state index contributed by atoms with van der Waals surface area (Å²) in [7, 11) is 0. The van der Waals surface area contributed by atoms with Crippen molar-refractivity contribution in [1.29, 1.82) is 0 Å². The third-order valence-corrected chi connectivity index (χ3v) is 6.75. The van der Waals surface area contributed by atoms with Crippen molar-refractivity contribution in [3.8, 4) is 0 Å². The standard InChI is InChI=1S/C18H27NO2/c20-17(12-6-4-2-1-3-5-7-12)19-11-15-13-8-9-14(10-13)16(15)18(19)21/h12-16H,1-11H2. The number of hydrogen-bond acceptors (Lipinski definition) is 2. The van der Waals surface area contributed by atoms with Crippen LogP contribution in [0.1, 0.15) is 64.2 Å². The number of carbonyl (C=O) groups excluding carboxylic acids is 2. The first-order valence-corrected chi connectivity index (χ1v) is 9.11. The van der Waals surface area contributed by atoms with Crippen LogP contribution in [0.3, 0.4) is 0 Å². The van der Waals surface area contributed by atoms with Gasteiger partial charge in [0.05, 0.1) is 0 Å². The molecule has 21 heavy (non-hydrogen) atoms. The summed E-state index contributed by atoms with van der Waals surface area (Å²) in [6, 6.07) is 0. The Morgan fingerprint density at radius 2 is 1.57 bits per heavy atom. The monoisotopic (exact) mass is 289 g/mol. The quantitative estimate of drug-likeness (QED) is 0.694. The lowest BCUT2D eigenvalue weighted by atomic mass is 9.81. The third kappa shape index (κ3) is 2.24. The second-order valence-corrected chi connectivity index (χ2v) is 7.85. The van der Waals surface area contributed by atoms with Crippen LogP contribution >= 0.6 is 0 Å². The van der Waals surface area contributed by atoms with Crippen molar-refractivity contribution in [2.75, 3.05) is 6.54 Å². The highest BCUT2D eigenvalue weighted by molar-refractivity contribution is 5.99. The van der Waals surface area contributed by atoms with Gasteiger partial charge in [-0.2, -0.15) is 0 Å². The average molecular weight is 289 g/mol. The molecule has 4 aliphatic rings. The second-order valence-electron chi connectivity index (χ2n) is 7.85. The lowest BCUT2D eigenvalue weighted by molar-refractivity contribution is -0.147. The maximum atomic E-state index is 12.8. The molecule has 3 heteroatoms. The fraction of sp³-hybridized carbons (Fsp3) is 0.889. The molecule has 3 aliphatic carbocycles. The lowest BCUT2D eigenvalue weighted by Crippen LogP contribution is -2.39. The van der Waals surface area contributed by atoms with Crippen molar-refractivity contribution in [2.45, 2.75) is 64.2 Å². The van der Waals surface area contributed by atoms with Crippen LogP contribution in [0.25, 0.3) is 0 Å². The van der Waals surface area contributed by atoms with E-state index < -0.39 is 0 Å². The molecule has 3 saturated carbocycles. The number of fused-ring (bicyclic) bond motifs is 5. The summed E-state index contributed by atoms with van der Waals surface area (Å²) in [5, 5.41) is 0. The van der Waals surface area contributed by atoms with Crippen LogP contribution in [0.2, 0.25) is 0 Å². The molecule has 1 aliphatic heterocycles. The van der Waals surface area contributed by atoms with Crippen molar-refractivity contribution < 1.29 is 9.59 Å². The number of hydrogen-bond donors (Lipinski definition) is 0. The predicted molar refractivity (Wildman–Crippen MR) is 80.3 cm³/mol. The van der Waals surface area contributed by atoms with E-state index in [1.807, 2.05) is 0 Å². The lowest BCUT2D eigenvalue weighted by Gasteiger charge is -2.24. The number of amides is 2. The number of nitrogens with zero attached hydrogens (tertiary/aromatic N) is 1. The minimum atomic E-state index is 0.130. The van der Waals surface area contributed by atoms with E-state index in [4.69, 9.17) is 0 Å². The molecule has 4 unspecified atom stereocenters. The largest absolute Gasteiger partial charge is 0.282 e. The Morgan fingerprint density at radius 3 is 2.29 bits per heavy atom. The van der Waals surface area contributed by atoms with Crippen LogP contribution in [0, 0.1) is 29.6 Å². The molecule has 0 aromatic rings. The molecule has 1 heterocycles. The minimum absolute atomic E-state index is 0.130. The van der Waals surface area contributed by atoms with Gasteiger partial charge >= 0.3 is 0 Å². The van der Waals surface area contributed by atoms with Gasteiger partial charge in [0.1, 0.15) is 0 Å². The zero-order valence-corrected chi connectivity index (χ0v) is 12.9. The van der Waals surface area contributed by atoms with Gasteiger partial charge < -0.3 is 0 Å². The van der Waals surface area contributed by atoms with Crippen molar-refractivity contribution in [3.05, 3.63) is 0 Å². The summed E-state index contributed by atoms with van der Waals surface area (Å²) >= 11 is 0. The van der Waals surface area contributed by atoms with Crippen molar-refractivity contribution in [3.63, 3.8) is 0 Å². The zero-order chi connectivity index (χ0) is 14.4. The van der Waals surface area contributed by atoms with Gasteiger partial charge in [-0.1, -0.05) is 32.1 Å². The summed E-state index contributed by atoms with van der Waals surface area (Å²) in [5.74, 6) is 2.55. The van der Waals surface area contributed by atoms with Crippen LogP contribution < -0.4 is 0 Å². The summed E-state index contributed by atoms with van der Waals surface area (Å²) in [5.41, 5.74) is 0. The highest BCUT2D eigenvalue weighted by Crippen LogP contribution is 2.55. The van der Waals surface area contributed by atoms with Crippen molar-refractivity contribution in [1.82, 2.24) is 4.90 Å². The first-order chi connectivity index (χ1) is 10.3. The molecular formula is C18H27NO2. The van der Waals surface area contributed by atoms with Crippen LogP contribution in [0.15, 0.2) is 0 Å². The Hall–Kier alpha value is -0.860. The van der Waals surface area contributed by atoms with E-state index in [1.165, 1.54) is 38.5 Å². The molecular weight excluding hydrogens is 262 g/mol. The first kappa shape index (κ1) is 13.8. The van der Waals surface area contributed by atoms with Gasteiger partial charge in [0.25, 0.3) is 0 Å². The Balaban J connectivity index is 1.46. The molecule has 0 spiro atoms. The normalized spacial score (nSPS) is 40.2. The van der Waals surface area contributed by atoms with Gasteiger partial charge in [0, 0.05) is 18.4 Å². The number of imide groups is 1. The van der Waals surface area contributed by atoms with E-state index in [1.54, 1.807) is 4.90 Å². The first-order valence-electron chi connectivity index (χ1n) is 9.11. The molecule has 4 rings (SSSR count). The Kier molecular flexibility index (Phi) is 3.55. The smallest absolute Gasteiger partial charge is 0.232 e. The molecule has 2 bridgehead atoms. The molecule has 2 amide bonds. The van der Waals surface area contributed by atoms with Gasteiger partial charge in [-0.05, 0) is 49.9 Å². The Morgan fingerprint density at radius 1 is 0.905 bits per heavy atom. The highest BCUT2D eigenvalue weighted by Gasteiger charge is 2.57. The van der Waals surface area contributed by atoms with E-state index in [2.05, 4.69) is 0 Å². The molecule has 116 valence electrons. The van der Waals surface area contributed by atoms with Gasteiger partial charge in [-0.3, -0.25) is 14.5 Å². The van der Waals surface area contributed by atoms with Gasteiger partial charge in [-0.15, -0.1) is 0 Å². The fourth-order valence-electron chi connectivity index (χ4n) is 5.66. The van der Waals surface area contributed by atoms with E-state index in [9.17, 15) is 9.59 Å². The highest BCUT2D eigenvalue weighted by atomic mass is 16.2. The number of rotatable bonds is 1. The van der Waals surface area contributed by atoms with Crippen molar-refractivity contribution in [2.24, 2.45) is 29.6 Å². The fourth-order valence-corrected chi connectivity index (χ4v) is 5.66. The second kappa shape index (κ2) is 5.40. The van der Waals surface area contributed by atoms with E-state index in [-0.39, 0.29) is 23.7 Å². The summed E-state index contributed by atoms with van der Waals surface area (Å²) < 4.78 is 0. The van der Waals surface area contributed by atoms with E-state index >= 15 is 0 Å². The molecule has 1 saturated heterocycles. The SMILES string of the molecule is O=C(C1CCCCCCC1)N1CC2C3CCC(C3)C2C1=O. The predicted octanol–water partition coefficient (Wildman–Crippen LogP) is 3.38. The van der Waals surface area contributed by atoms with Gasteiger partial charge in [-0.25, -0.2) is 0 Å². The summed E-state index contributed by atoms with van der Waals surface area (Å²) in [6.45, 7) is 0.750. The number of likely N-dealkylation sites (tertiary alicyclic amines) is 1. The molecule has 3 nitrogen and oxygen atoms in total. The number of carbonyl (C=O) groups is 2. The minimum Gasteiger partial charge on any atom is -0.282 e. The van der Waals surface area contributed by atoms with Gasteiger partial charge in [0.15, 0.2) is 0 Å². The third-order valence-electron chi connectivity index (χ3n) is 6.75. The topological polar surface area (TPSA) is 37.4 Å². The average Bonchev–Trinajstić information content (AvgIpc) is 3.10. The summed E-state index contributed by atoms with van der Waals surface area (Å²) in [6.07, 6.45) is 11.9. The molecule has 0 radical (unpaired) electrons. The Labute approximate surface area is 127 Å². The maximum absolute atomic E-state index is 12.8. The zero-order valence-electron chi connectivity index (χ0n) is 12.9. The van der Waals surface area contributed by atoms with Crippen molar-refractivity contribution >= 4 is 11.8 Å². The molecule has 0 N–H and O–H groups in total. The van der Waals surface area contributed by atoms with E-state index in [0.717, 1.165) is 38.1 Å². The van der Waals surface area contributed by atoms with Gasteiger partial charge in [0.2, 0.25) is 11.8 Å². The molecule has 4 fully saturated rings. The molecule has 4 atom stereocenters. The summed E-state index contributed by atoms with van der Waals surface area (Å²) in [4.78, 5) is 27.3. The maximum Gasteiger partial charge on any atom is 0.232 e. The van der Waals surface area contributed by atoms with Crippen LogP contribution in [0.5, 0.6) is 0 Å². The van der Waals surface area contributed by atoms with Crippen LogP contribution in [-0.4, -0.2) is 23.3 Å². The molecule has 0 aromatic carbocycles.